The first-order valence-corrected chi connectivity index (χ1v) is 4.64. The second-order valence-electron chi connectivity index (χ2n) is 2.87. The lowest BCUT2D eigenvalue weighted by molar-refractivity contribution is -0.648. The Kier molecular flexibility index (Phi) is 1.92. The zero-order chi connectivity index (χ0) is 9.42. The van der Waals surface area contributed by atoms with E-state index in [1.54, 1.807) is 12.4 Å². The minimum atomic E-state index is -0.0550. The molecule has 0 unspecified atom stereocenters. The molecule has 13 heavy (non-hydrogen) atoms. The van der Waals surface area contributed by atoms with Crippen LogP contribution in [0.15, 0.2) is 33.8 Å². The molecule has 1 aromatic carbocycles. The molecule has 1 heterocycles. The highest BCUT2D eigenvalue weighted by Crippen LogP contribution is 2.13. The number of H-pyrrole nitrogens is 1. The Labute approximate surface area is 83.2 Å². The number of aromatic amines is 1. The molecule has 0 aliphatic carbocycles. The molecule has 66 valence electrons. The van der Waals surface area contributed by atoms with E-state index in [1.165, 1.54) is 0 Å². The average molecular weight is 240 g/mol. The van der Waals surface area contributed by atoms with Crippen molar-refractivity contribution in [2.45, 2.75) is 0 Å². The van der Waals surface area contributed by atoms with Gasteiger partial charge in [0.2, 0.25) is 6.33 Å². The van der Waals surface area contributed by atoms with Crippen LogP contribution in [0.2, 0.25) is 0 Å². The molecule has 2 aromatic rings. The first kappa shape index (κ1) is 8.44. The molecular formula is C9H8BrN2O+. The molecule has 0 aliphatic heterocycles. The topological polar surface area (TPSA) is 36.7 Å². The molecule has 0 saturated carbocycles. The van der Waals surface area contributed by atoms with E-state index in [1.807, 2.05) is 23.7 Å². The van der Waals surface area contributed by atoms with Gasteiger partial charge in [0.15, 0.2) is 0 Å². The number of hydrogen-bond acceptors (Lipinski definition) is 1. The smallest absolute Gasteiger partial charge is 0.241 e. The molecule has 0 aliphatic rings. The first-order chi connectivity index (χ1) is 6.18. The number of aromatic nitrogens is 2. The maximum absolute atomic E-state index is 11.4. The second-order valence-corrected chi connectivity index (χ2v) is 3.79. The van der Waals surface area contributed by atoms with Crippen molar-refractivity contribution in [1.29, 1.82) is 0 Å². The molecule has 1 N–H and O–H groups in total. The van der Waals surface area contributed by atoms with Gasteiger partial charge in [0.1, 0.15) is 10.9 Å². The summed E-state index contributed by atoms with van der Waals surface area (Å²) in [4.78, 5) is 14.0. The number of benzene rings is 1. The summed E-state index contributed by atoms with van der Waals surface area (Å²) in [6.07, 6.45) is 1.65. The molecule has 0 bridgehead atoms. The highest BCUT2D eigenvalue weighted by molar-refractivity contribution is 9.10. The molecule has 0 fully saturated rings. The normalized spacial score (nSPS) is 10.6. The first-order valence-electron chi connectivity index (χ1n) is 3.85. The van der Waals surface area contributed by atoms with Gasteiger partial charge < -0.3 is 0 Å². The minimum absolute atomic E-state index is 0.0550. The fourth-order valence-electron chi connectivity index (χ4n) is 1.29. The molecular weight excluding hydrogens is 232 g/mol. The molecule has 0 spiro atoms. The van der Waals surface area contributed by atoms with Gasteiger partial charge in [-0.05, 0) is 12.1 Å². The number of nitrogens with one attached hydrogen (secondary N) is 1. The maximum Gasteiger partial charge on any atom is 0.342 e. The third-order valence-corrected chi connectivity index (χ3v) is 2.47. The van der Waals surface area contributed by atoms with E-state index in [2.05, 4.69) is 20.9 Å². The van der Waals surface area contributed by atoms with Gasteiger partial charge in [-0.1, -0.05) is 15.9 Å². The van der Waals surface area contributed by atoms with E-state index in [-0.39, 0.29) is 5.56 Å². The summed E-state index contributed by atoms with van der Waals surface area (Å²) in [5, 5.41) is 0.702. The van der Waals surface area contributed by atoms with Crippen molar-refractivity contribution in [2.24, 2.45) is 7.05 Å². The number of aryl methyl sites for hydroxylation is 1. The molecule has 0 saturated heterocycles. The lowest BCUT2D eigenvalue weighted by Gasteiger charge is -1.97. The van der Waals surface area contributed by atoms with E-state index in [0.29, 0.717) is 5.39 Å². The van der Waals surface area contributed by atoms with Crippen LogP contribution < -0.4 is 10.1 Å². The number of halogens is 1. The van der Waals surface area contributed by atoms with E-state index in [4.69, 9.17) is 0 Å². The summed E-state index contributed by atoms with van der Waals surface area (Å²) in [6.45, 7) is 0. The van der Waals surface area contributed by atoms with Crippen LogP contribution in [-0.4, -0.2) is 4.98 Å². The summed E-state index contributed by atoms with van der Waals surface area (Å²) in [5.41, 5.74) is 0.860. The predicted molar refractivity (Wildman–Crippen MR) is 53.4 cm³/mol. The third-order valence-electron chi connectivity index (χ3n) is 1.97. The fraction of sp³-hybridized carbons (Fsp3) is 0.111. The van der Waals surface area contributed by atoms with E-state index >= 15 is 0 Å². The van der Waals surface area contributed by atoms with Crippen molar-refractivity contribution < 1.29 is 4.57 Å². The summed E-state index contributed by atoms with van der Waals surface area (Å²) < 4.78 is 2.85. The van der Waals surface area contributed by atoms with E-state index < -0.39 is 0 Å². The molecule has 3 nitrogen and oxygen atoms in total. The lowest BCUT2D eigenvalue weighted by Crippen LogP contribution is -2.32. The maximum atomic E-state index is 11.4. The van der Waals surface area contributed by atoms with Gasteiger partial charge in [0.25, 0.3) is 0 Å². The van der Waals surface area contributed by atoms with E-state index in [9.17, 15) is 4.79 Å². The monoisotopic (exact) mass is 239 g/mol. The molecule has 1 aromatic heterocycles. The summed E-state index contributed by atoms with van der Waals surface area (Å²) in [5.74, 6) is 0. The average Bonchev–Trinajstić information content (AvgIpc) is 2.12. The Hall–Kier alpha value is -1.16. The van der Waals surface area contributed by atoms with Crippen LogP contribution in [0.4, 0.5) is 0 Å². The van der Waals surface area contributed by atoms with Gasteiger partial charge in [0, 0.05) is 10.5 Å². The van der Waals surface area contributed by atoms with Crippen LogP contribution in [0.3, 0.4) is 0 Å². The van der Waals surface area contributed by atoms with Crippen molar-refractivity contribution in [3.63, 3.8) is 0 Å². The Balaban J connectivity index is 3.01. The summed E-state index contributed by atoms with van der Waals surface area (Å²) in [7, 11) is 1.89. The van der Waals surface area contributed by atoms with Crippen molar-refractivity contribution >= 4 is 26.8 Å². The molecule has 0 radical (unpaired) electrons. The van der Waals surface area contributed by atoms with Crippen LogP contribution in [0, 0.1) is 0 Å². The Morgan fingerprint density at radius 1 is 1.46 bits per heavy atom. The van der Waals surface area contributed by atoms with Crippen molar-refractivity contribution in [3.8, 4) is 0 Å². The van der Waals surface area contributed by atoms with Crippen LogP contribution in [0.5, 0.6) is 0 Å². The van der Waals surface area contributed by atoms with Gasteiger partial charge in [-0.3, -0.25) is 0 Å². The minimum Gasteiger partial charge on any atom is -0.241 e. The number of hydrogen-bond donors (Lipinski definition) is 1. The van der Waals surface area contributed by atoms with Crippen LogP contribution >= 0.6 is 15.9 Å². The van der Waals surface area contributed by atoms with Gasteiger partial charge in [-0.2, -0.15) is 0 Å². The number of rotatable bonds is 0. The summed E-state index contributed by atoms with van der Waals surface area (Å²) in [6, 6.07) is 5.58. The largest absolute Gasteiger partial charge is 0.342 e. The van der Waals surface area contributed by atoms with E-state index in [0.717, 1.165) is 9.99 Å². The zero-order valence-corrected chi connectivity index (χ0v) is 8.63. The van der Waals surface area contributed by atoms with Crippen LogP contribution in [0.25, 0.3) is 10.9 Å². The van der Waals surface area contributed by atoms with Gasteiger partial charge in [-0.25, -0.2) is 14.3 Å². The highest BCUT2D eigenvalue weighted by atomic mass is 79.9. The molecule has 4 heteroatoms. The molecule has 0 amide bonds. The van der Waals surface area contributed by atoms with Crippen molar-refractivity contribution in [3.05, 3.63) is 39.4 Å². The summed E-state index contributed by atoms with van der Waals surface area (Å²) >= 11 is 3.37. The molecule has 0 atom stereocenters. The SMILES string of the molecule is C[n+]1c[nH]c(=O)c2ccc(Br)cc21. The lowest BCUT2D eigenvalue weighted by atomic mass is 10.2. The van der Waals surface area contributed by atoms with Gasteiger partial charge in [0.05, 0.1) is 7.05 Å². The zero-order valence-electron chi connectivity index (χ0n) is 7.04. The fourth-order valence-corrected chi connectivity index (χ4v) is 1.64. The Morgan fingerprint density at radius 3 is 3.00 bits per heavy atom. The van der Waals surface area contributed by atoms with Crippen molar-refractivity contribution in [2.75, 3.05) is 0 Å². The molecule has 2 rings (SSSR count). The second kappa shape index (κ2) is 2.96. The van der Waals surface area contributed by atoms with Crippen LogP contribution in [0.1, 0.15) is 0 Å². The predicted octanol–water partition coefficient (Wildman–Crippen LogP) is 1.12. The number of fused-ring (bicyclic) bond motifs is 1. The van der Waals surface area contributed by atoms with Gasteiger partial charge in [-0.15, -0.1) is 0 Å². The van der Waals surface area contributed by atoms with Crippen molar-refractivity contribution in [1.82, 2.24) is 4.98 Å². The Bertz CT molecular complexity index is 518. The standard InChI is InChI=1S/C9H7BrN2O/c1-12-5-11-9(13)7-3-2-6(10)4-8(7)12/h2-5H,1H3/p+1. The van der Waals surface area contributed by atoms with Crippen LogP contribution in [-0.2, 0) is 7.05 Å². The van der Waals surface area contributed by atoms with Gasteiger partial charge >= 0.3 is 5.56 Å². The highest BCUT2D eigenvalue weighted by Gasteiger charge is 2.06. The number of nitrogens with zero attached hydrogens (tertiary/aromatic N) is 1. The quantitative estimate of drug-likeness (QED) is 0.688. The Morgan fingerprint density at radius 2 is 2.23 bits per heavy atom. The third kappa shape index (κ3) is 1.37.